The minimum absolute atomic E-state index is 0.129. The first-order valence-corrected chi connectivity index (χ1v) is 4.68. The first-order chi connectivity index (χ1) is 6.74. The average Bonchev–Trinajstić information content (AvgIpc) is 2.19. The summed E-state index contributed by atoms with van der Waals surface area (Å²) >= 11 is 5.30. The molecule has 1 aromatic carbocycles. The van der Waals surface area contributed by atoms with Gasteiger partial charge < -0.3 is 0 Å². The third kappa shape index (κ3) is 3.32. The summed E-state index contributed by atoms with van der Waals surface area (Å²) < 4.78 is 0. The van der Waals surface area contributed by atoms with Crippen LogP contribution in [0, 0.1) is 10.1 Å². The summed E-state index contributed by atoms with van der Waals surface area (Å²) in [7, 11) is 0. The smallest absolute Gasteiger partial charge is 0.258 e. The molecule has 14 heavy (non-hydrogen) atoms. The molecule has 0 radical (unpaired) electrons. The number of halogens is 1. The van der Waals surface area contributed by atoms with E-state index in [1.54, 1.807) is 12.1 Å². The van der Waals surface area contributed by atoms with Crippen LogP contribution in [0.4, 0.5) is 5.69 Å². The summed E-state index contributed by atoms with van der Waals surface area (Å²) in [6.45, 7) is 0.735. The molecule has 76 valence electrons. The minimum Gasteiger partial charge on any atom is -0.258 e. The number of rotatable bonds is 5. The average molecular weight is 215 g/mol. The van der Waals surface area contributed by atoms with Crippen molar-refractivity contribution >= 4 is 17.5 Å². The number of nitrogens with zero attached hydrogens (tertiary/aromatic N) is 1. The van der Waals surface area contributed by atoms with Crippen LogP contribution < -0.4 is 4.84 Å². The second kappa shape index (κ2) is 5.57. The Morgan fingerprint density at radius 3 is 2.50 bits per heavy atom. The fraction of sp³-hybridized carbons (Fsp3) is 0.333. The molecule has 1 rings (SSSR count). The quantitative estimate of drug-likeness (QED) is 0.354. The molecule has 0 aliphatic heterocycles. The van der Waals surface area contributed by atoms with E-state index in [1.807, 2.05) is 0 Å². The molecule has 4 nitrogen and oxygen atoms in total. The lowest BCUT2D eigenvalue weighted by atomic mass is 10.1. The van der Waals surface area contributed by atoms with Crippen LogP contribution in [0.3, 0.4) is 0 Å². The Morgan fingerprint density at radius 2 is 2.00 bits per heavy atom. The van der Waals surface area contributed by atoms with Gasteiger partial charge in [-0.3, -0.25) is 10.1 Å². The fourth-order valence-electron chi connectivity index (χ4n) is 1.14. The summed E-state index contributed by atoms with van der Waals surface area (Å²) in [5.74, 6) is 0. The summed E-state index contributed by atoms with van der Waals surface area (Å²) in [5, 5.41) is 10.4. The van der Waals surface area contributed by atoms with Crippen molar-refractivity contribution in [2.75, 3.05) is 6.54 Å². The number of benzene rings is 1. The van der Waals surface area contributed by atoms with E-state index in [9.17, 15) is 10.1 Å². The van der Waals surface area contributed by atoms with Crippen molar-refractivity contribution in [2.45, 2.75) is 12.8 Å². The molecule has 0 aromatic heterocycles. The SMILES string of the molecule is O=[N+]([O-])c1ccc(CCCNCl)cc1. The normalized spacial score (nSPS) is 10.1. The van der Waals surface area contributed by atoms with Gasteiger partial charge in [0.15, 0.2) is 0 Å². The molecule has 0 unspecified atom stereocenters. The number of aryl methyl sites for hydroxylation is 1. The van der Waals surface area contributed by atoms with Crippen LogP contribution in [0.25, 0.3) is 0 Å². The maximum Gasteiger partial charge on any atom is 0.269 e. The van der Waals surface area contributed by atoms with E-state index in [4.69, 9.17) is 11.8 Å². The summed E-state index contributed by atoms with van der Waals surface area (Å²) in [5.41, 5.74) is 1.21. The van der Waals surface area contributed by atoms with E-state index in [0.717, 1.165) is 24.9 Å². The number of hydrogen-bond acceptors (Lipinski definition) is 3. The van der Waals surface area contributed by atoms with Gasteiger partial charge >= 0.3 is 0 Å². The van der Waals surface area contributed by atoms with Gasteiger partial charge in [-0.05, 0) is 30.2 Å². The molecule has 0 aliphatic rings. The summed E-state index contributed by atoms with van der Waals surface area (Å²) in [4.78, 5) is 12.5. The predicted molar refractivity (Wildman–Crippen MR) is 55.3 cm³/mol. The van der Waals surface area contributed by atoms with Crippen molar-refractivity contribution < 1.29 is 4.92 Å². The second-order valence-corrected chi connectivity index (χ2v) is 3.18. The van der Waals surface area contributed by atoms with E-state index in [2.05, 4.69) is 4.84 Å². The fourth-order valence-corrected chi connectivity index (χ4v) is 1.28. The lowest BCUT2D eigenvalue weighted by Gasteiger charge is -1.99. The molecule has 0 saturated heterocycles. The van der Waals surface area contributed by atoms with Crippen LogP contribution >= 0.6 is 11.8 Å². The van der Waals surface area contributed by atoms with Gasteiger partial charge in [-0.15, -0.1) is 0 Å². The molecule has 0 saturated carbocycles. The van der Waals surface area contributed by atoms with Crippen molar-refractivity contribution in [2.24, 2.45) is 0 Å². The van der Waals surface area contributed by atoms with Crippen molar-refractivity contribution in [1.29, 1.82) is 0 Å². The molecule has 0 atom stereocenters. The predicted octanol–water partition coefficient (Wildman–Crippen LogP) is 2.27. The number of nitrogens with one attached hydrogen (secondary N) is 1. The maximum atomic E-state index is 10.4. The number of non-ortho nitro benzene ring substituents is 1. The first-order valence-electron chi connectivity index (χ1n) is 4.31. The van der Waals surface area contributed by atoms with Crippen LogP contribution in [-0.2, 0) is 6.42 Å². The number of nitro groups is 1. The van der Waals surface area contributed by atoms with Crippen molar-refractivity contribution in [3.8, 4) is 0 Å². The molecule has 0 bridgehead atoms. The van der Waals surface area contributed by atoms with Gasteiger partial charge in [-0.2, -0.15) is 0 Å². The largest absolute Gasteiger partial charge is 0.269 e. The highest BCUT2D eigenvalue weighted by Crippen LogP contribution is 2.12. The molecule has 0 fully saturated rings. The lowest BCUT2D eigenvalue weighted by molar-refractivity contribution is -0.384. The Morgan fingerprint density at radius 1 is 1.36 bits per heavy atom. The Kier molecular flexibility index (Phi) is 4.35. The maximum absolute atomic E-state index is 10.4. The number of nitro benzene ring substituents is 1. The van der Waals surface area contributed by atoms with Gasteiger partial charge in [0.05, 0.1) is 4.92 Å². The van der Waals surface area contributed by atoms with Gasteiger partial charge in [-0.1, -0.05) is 12.1 Å². The Labute approximate surface area is 87.1 Å². The molecule has 5 heteroatoms. The molecule has 0 amide bonds. The van der Waals surface area contributed by atoms with Gasteiger partial charge in [0.25, 0.3) is 5.69 Å². The van der Waals surface area contributed by atoms with E-state index < -0.39 is 4.92 Å². The Bertz CT molecular complexity index is 300. The van der Waals surface area contributed by atoms with E-state index in [1.165, 1.54) is 12.1 Å². The third-order valence-electron chi connectivity index (χ3n) is 1.88. The van der Waals surface area contributed by atoms with Crippen LogP contribution in [0.15, 0.2) is 24.3 Å². The number of hydrogen-bond donors (Lipinski definition) is 1. The van der Waals surface area contributed by atoms with Gasteiger partial charge in [0.1, 0.15) is 0 Å². The van der Waals surface area contributed by atoms with Crippen LogP contribution in [0.5, 0.6) is 0 Å². The minimum atomic E-state index is -0.399. The van der Waals surface area contributed by atoms with Crippen LogP contribution in [-0.4, -0.2) is 11.5 Å². The molecule has 0 aliphatic carbocycles. The molecular formula is C9H11ClN2O2. The van der Waals surface area contributed by atoms with Crippen LogP contribution in [0.1, 0.15) is 12.0 Å². The van der Waals surface area contributed by atoms with Gasteiger partial charge in [-0.25, -0.2) is 4.84 Å². The Hall–Kier alpha value is -1.13. The highest BCUT2D eigenvalue weighted by Gasteiger charge is 2.03. The zero-order valence-corrected chi connectivity index (χ0v) is 8.33. The molecule has 1 N–H and O–H groups in total. The van der Waals surface area contributed by atoms with Crippen molar-refractivity contribution in [1.82, 2.24) is 4.84 Å². The highest BCUT2D eigenvalue weighted by atomic mass is 35.5. The van der Waals surface area contributed by atoms with E-state index in [-0.39, 0.29) is 5.69 Å². The summed E-state index contributed by atoms with van der Waals surface area (Å²) in [6, 6.07) is 6.58. The Balaban J connectivity index is 2.51. The van der Waals surface area contributed by atoms with Crippen molar-refractivity contribution in [3.05, 3.63) is 39.9 Å². The van der Waals surface area contributed by atoms with Crippen molar-refractivity contribution in [3.63, 3.8) is 0 Å². The van der Waals surface area contributed by atoms with E-state index >= 15 is 0 Å². The van der Waals surface area contributed by atoms with Crippen LogP contribution in [0.2, 0.25) is 0 Å². The van der Waals surface area contributed by atoms with Gasteiger partial charge in [0, 0.05) is 18.7 Å². The van der Waals surface area contributed by atoms with Gasteiger partial charge in [0.2, 0.25) is 0 Å². The highest BCUT2D eigenvalue weighted by molar-refractivity contribution is 6.13. The standard InChI is InChI=1S/C9H11ClN2O2/c10-11-7-1-2-8-3-5-9(6-4-8)12(13)14/h3-6,11H,1-2,7H2. The first kappa shape index (κ1) is 10.9. The zero-order chi connectivity index (χ0) is 10.4. The zero-order valence-electron chi connectivity index (χ0n) is 7.57. The van der Waals surface area contributed by atoms with E-state index in [0.29, 0.717) is 0 Å². The molecule has 1 aromatic rings. The second-order valence-electron chi connectivity index (χ2n) is 2.91. The molecular weight excluding hydrogens is 204 g/mol. The summed E-state index contributed by atoms with van der Waals surface area (Å²) in [6.07, 6.45) is 1.79. The topological polar surface area (TPSA) is 55.2 Å². The monoisotopic (exact) mass is 214 g/mol. The third-order valence-corrected chi connectivity index (χ3v) is 2.07. The molecule has 0 spiro atoms. The lowest BCUT2D eigenvalue weighted by Crippen LogP contribution is -2.02. The molecule has 0 heterocycles.